The van der Waals surface area contributed by atoms with Crippen LogP contribution >= 0.6 is 0 Å². The fraction of sp³-hybridized carbons (Fsp3) is 0.435. The molecule has 2 aromatic heterocycles. The highest BCUT2D eigenvalue weighted by atomic mass is 16.5. The van der Waals surface area contributed by atoms with E-state index in [-0.39, 0.29) is 11.6 Å². The van der Waals surface area contributed by atoms with E-state index in [0.29, 0.717) is 12.0 Å². The first kappa shape index (κ1) is 21.3. The van der Waals surface area contributed by atoms with E-state index in [1.54, 1.807) is 12.4 Å². The maximum Gasteiger partial charge on any atom is 0.338 e. The molecule has 5 rings (SSSR count). The molecule has 0 radical (unpaired) electrons. The van der Waals surface area contributed by atoms with Crippen LogP contribution in [0.5, 0.6) is 0 Å². The molecular formula is C23H27N7O3. The molecule has 10 nitrogen and oxygen atoms in total. The quantitative estimate of drug-likeness (QED) is 0.517. The van der Waals surface area contributed by atoms with Gasteiger partial charge in [0.2, 0.25) is 5.95 Å². The fourth-order valence-electron chi connectivity index (χ4n) is 4.47. The minimum Gasteiger partial charge on any atom is -0.478 e. The van der Waals surface area contributed by atoms with Crippen molar-refractivity contribution in [1.82, 2.24) is 19.9 Å². The van der Waals surface area contributed by atoms with E-state index in [1.165, 1.54) is 12.4 Å². The molecule has 1 saturated carbocycles. The lowest BCUT2D eigenvalue weighted by Gasteiger charge is -2.32. The van der Waals surface area contributed by atoms with Gasteiger partial charge in [-0.15, -0.1) is 0 Å². The number of nitrogens with one attached hydrogen (secondary N) is 2. The molecule has 2 aliphatic rings. The van der Waals surface area contributed by atoms with E-state index in [0.717, 1.165) is 74.4 Å². The molecule has 0 spiro atoms. The average molecular weight is 450 g/mol. The van der Waals surface area contributed by atoms with Crippen LogP contribution in [0.1, 0.15) is 36.0 Å². The number of anilines is 3. The van der Waals surface area contributed by atoms with Crippen molar-refractivity contribution in [3.8, 4) is 0 Å². The lowest BCUT2D eigenvalue weighted by molar-refractivity contribution is 0.0696. The number of benzene rings is 1. The summed E-state index contributed by atoms with van der Waals surface area (Å²) in [6, 6.07) is 4.89. The Balaban J connectivity index is 1.24. The van der Waals surface area contributed by atoms with Gasteiger partial charge < -0.3 is 25.4 Å². The molecule has 172 valence electrons. The second-order valence-electron chi connectivity index (χ2n) is 8.45. The zero-order valence-electron chi connectivity index (χ0n) is 18.3. The molecule has 3 N–H and O–H groups in total. The van der Waals surface area contributed by atoms with E-state index >= 15 is 0 Å². The number of fused-ring (bicyclic) bond motifs is 1. The summed E-state index contributed by atoms with van der Waals surface area (Å²) in [6.45, 7) is 3.22. The Labute approximate surface area is 191 Å². The third-order valence-electron chi connectivity index (χ3n) is 6.25. The number of carboxylic acid groups (broad SMARTS) is 1. The van der Waals surface area contributed by atoms with Crippen molar-refractivity contribution in [1.29, 1.82) is 0 Å². The minimum atomic E-state index is -1.02. The molecule has 0 amide bonds. The average Bonchev–Trinajstić information content (AvgIpc) is 2.86. The summed E-state index contributed by atoms with van der Waals surface area (Å²) in [4.78, 5) is 30.7. The smallest absolute Gasteiger partial charge is 0.338 e. The summed E-state index contributed by atoms with van der Waals surface area (Å²) in [5.74, 6) is -0.557. The number of ether oxygens (including phenoxy) is 1. The molecule has 3 aromatic rings. The Kier molecular flexibility index (Phi) is 6.16. The highest BCUT2D eigenvalue weighted by Gasteiger charge is 2.23. The number of carbonyl (C=O) groups is 1. The first-order chi connectivity index (χ1) is 16.2. The Morgan fingerprint density at radius 3 is 2.30 bits per heavy atom. The van der Waals surface area contributed by atoms with Crippen molar-refractivity contribution in [3.63, 3.8) is 0 Å². The second kappa shape index (κ2) is 9.53. The van der Waals surface area contributed by atoms with Gasteiger partial charge in [-0.3, -0.25) is 9.97 Å². The Hall–Kier alpha value is -3.53. The van der Waals surface area contributed by atoms with E-state index in [1.807, 2.05) is 0 Å². The van der Waals surface area contributed by atoms with E-state index in [9.17, 15) is 4.79 Å². The van der Waals surface area contributed by atoms with Crippen molar-refractivity contribution in [2.75, 3.05) is 41.8 Å². The highest BCUT2D eigenvalue weighted by Crippen LogP contribution is 2.31. The van der Waals surface area contributed by atoms with Gasteiger partial charge in [0.25, 0.3) is 0 Å². The van der Waals surface area contributed by atoms with Crippen LogP contribution in [0.4, 0.5) is 17.3 Å². The van der Waals surface area contributed by atoms with E-state index in [2.05, 4.69) is 47.6 Å². The van der Waals surface area contributed by atoms with Crippen LogP contribution in [0.2, 0.25) is 0 Å². The van der Waals surface area contributed by atoms with Crippen molar-refractivity contribution in [3.05, 3.63) is 42.5 Å². The Morgan fingerprint density at radius 1 is 0.939 bits per heavy atom. The predicted molar refractivity (Wildman–Crippen MR) is 125 cm³/mol. The zero-order valence-corrected chi connectivity index (χ0v) is 18.3. The normalized spacial score (nSPS) is 21.0. The zero-order chi connectivity index (χ0) is 22.6. The molecule has 33 heavy (non-hydrogen) atoms. The van der Waals surface area contributed by atoms with Gasteiger partial charge in [0.1, 0.15) is 5.52 Å². The topological polar surface area (TPSA) is 125 Å². The molecule has 1 saturated heterocycles. The van der Waals surface area contributed by atoms with Gasteiger partial charge in [-0.25, -0.2) is 14.8 Å². The summed E-state index contributed by atoms with van der Waals surface area (Å²) in [6.07, 6.45) is 10.1. The van der Waals surface area contributed by atoms with Gasteiger partial charge in [-0.1, -0.05) is 0 Å². The minimum absolute atomic E-state index is 0.0862. The maximum absolute atomic E-state index is 11.0. The monoisotopic (exact) mass is 449 g/mol. The lowest BCUT2D eigenvalue weighted by Crippen LogP contribution is -2.36. The molecule has 1 aromatic carbocycles. The fourth-order valence-corrected chi connectivity index (χ4v) is 4.47. The number of nitrogens with zero attached hydrogens (tertiary/aromatic N) is 5. The first-order valence-corrected chi connectivity index (χ1v) is 11.3. The van der Waals surface area contributed by atoms with Gasteiger partial charge in [0.05, 0.1) is 30.0 Å². The number of hydrogen-bond donors (Lipinski definition) is 3. The van der Waals surface area contributed by atoms with Crippen molar-refractivity contribution < 1.29 is 14.6 Å². The molecule has 0 unspecified atom stereocenters. The van der Waals surface area contributed by atoms with E-state index in [4.69, 9.17) is 9.84 Å². The summed E-state index contributed by atoms with van der Waals surface area (Å²) in [7, 11) is 0. The van der Waals surface area contributed by atoms with Crippen LogP contribution in [0.25, 0.3) is 11.0 Å². The van der Waals surface area contributed by atoms with Crippen molar-refractivity contribution in [2.24, 2.45) is 0 Å². The van der Waals surface area contributed by atoms with Crippen LogP contribution in [0.3, 0.4) is 0 Å². The summed E-state index contributed by atoms with van der Waals surface area (Å²) in [5, 5.41) is 16.0. The molecule has 0 bridgehead atoms. The number of hydrogen-bond acceptors (Lipinski definition) is 9. The van der Waals surface area contributed by atoms with Crippen LogP contribution in [-0.2, 0) is 4.74 Å². The molecule has 1 aliphatic heterocycles. The summed E-state index contributed by atoms with van der Waals surface area (Å²) < 4.78 is 5.50. The molecule has 3 heterocycles. The number of aromatic carboxylic acids is 1. The van der Waals surface area contributed by atoms with Gasteiger partial charge in [0.15, 0.2) is 0 Å². The van der Waals surface area contributed by atoms with Gasteiger partial charge in [-0.2, -0.15) is 0 Å². The maximum atomic E-state index is 11.0. The first-order valence-electron chi connectivity index (χ1n) is 11.3. The third-order valence-corrected chi connectivity index (χ3v) is 6.25. The van der Waals surface area contributed by atoms with Gasteiger partial charge in [-0.05, 0) is 37.8 Å². The molecule has 1 aliphatic carbocycles. The summed E-state index contributed by atoms with van der Waals surface area (Å²) in [5.41, 5.74) is 4.03. The van der Waals surface area contributed by atoms with Gasteiger partial charge in [0, 0.05) is 55.6 Å². The largest absolute Gasteiger partial charge is 0.478 e. The number of morpholine rings is 1. The number of rotatable bonds is 6. The van der Waals surface area contributed by atoms with E-state index < -0.39 is 5.97 Å². The second-order valence-corrected chi connectivity index (χ2v) is 8.45. The molecular weight excluding hydrogens is 422 g/mol. The predicted octanol–water partition coefficient (Wildman–Crippen LogP) is 2.79. The van der Waals surface area contributed by atoms with Crippen LogP contribution in [-0.4, -0.2) is 69.4 Å². The standard InChI is InChI=1S/C23H27N7O3/c31-22(32)15-13-26-23(27-14-15)29-17-3-1-16(2-4-17)28-20-12-18(30-7-9-33-10-8-30)11-19-21(20)25-6-5-24-19/h5-6,11-14,16-17,28H,1-4,7-10H2,(H,31,32)(H,26,27,29). The molecule has 10 heteroatoms. The molecule has 2 fully saturated rings. The highest BCUT2D eigenvalue weighted by molar-refractivity contribution is 5.91. The lowest BCUT2D eigenvalue weighted by atomic mass is 9.91. The van der Waals surface area contributed by atoms with Crippen LogP contribution < -0.4 is 15.5 Å². The van der Waals surface area contributed by atoms with Crippen molar-refractivity contribution in [2.45, 2.75) is 37.8 Å². The summed E-state index contributed by atoms with van der Waals surface area (Å²) >= 11 is 0. The number of aromatic nitrogens is 4. The molecule has 0 atom stereocenters. The Bertz CT molecular complexity index is 1110. The SMILES string of the molecule is O=C(O)c1cnc(NC2CCC(Nc3cc(N4CCOCC4)cc4nccnc34)CC2)nc1. The van der Waals surface area contributed by atoms with Crippen molar-refractivity contribution >= 4 is 34.3 Å². The van der Waals surface area contributed by atoms with Crippen LogP contribution in [0.15, 0.2) is 36.9 Å². The third kappa shape index (κ3) is 4.95. The van der Waals surface area contributed by atoms with Crippen LogP contribution in [0, 0.1) is 0 Å². The van der Waals surface area contributed by atoms with Gasteiger partial charge >= 0.3 is 5.97 Å². The Morgan fingerprint density at radius 2 is 1.61 bits per heavy atom. The number of carboxylic acids is 1.